The zero-order valence-electron chi connectivity index (χ0n) is 12.6. The summed E-state index contributed by atoms with van der Waals surface area (Å²) in [6.45, 7) is 2.05. The molecule has 0 aliphatic rings. The maximum Gasteiger partial charge on any atom is 0.240 e. The number of hydrogen-bond acceptors (Lipinski definition) is 7. The van der Waals surface area contributed by atoms with E-state index in [1.165, 1.54) is 20.4 Å². The minimum absolute atomic E-state index is 0.358. The second-order valence-electron chi connectivity index (χ2n) is 4.44. The van der Waals surface area contributed by atoms with Crippen LogP contribution in [0.5, 0.6) is 11.8 Å². The maximum atomic E-state index is 5.70. The summed E-state index contributed by atoms with van der Waals surface area (Å²) < 4.78 is 12.1. The lowest BCUT2D eigenvalue weighted by Crippen LogP contribution is -2.31. The molecule has 114 valence electrons. The zero-order chi connectivity index (χ0) is 15.4. The van der Waals surface area contributed by atoms with Gasteiger partial charge in [0.15, 0.2) is 0 Å². The van der Waals surface area contributed by atoms with Crippen LogP contribution in [-0.2, 0) is 13.5 Å². The van der Waals surface area contributed by atoms with Gasteiger partial charge in [0, 0.05) is 7.05 Å². The molecule has 0 aromatic carbocycles. The first-order valence-corrected chi connectivity index (χ1v) is 6.58. The van der Waals surface area contributed by atoms with Crippen molar-refractivity contribution in [1.82, 2.24) is 25.2 Å². The van der Waals surface area contributed by atoms with E-state index in [2.05, 4.69) is 20.5 Å². The SMILES string of the molecule is CCc1cc(C(NN)c2ncc(OC)nc2OC)n(C)n1. The lowest BCUT2D eigenvalue weighted by atomic mass is 10.1. The van der Waals surface area contributed by atoms with Crippen LogP contribution in [0.25, 0.3) is 0 Å². The number of ether oxygens (including phenoxy) is 2. The Morgan fingerprint density at radius 1 is 1.38 bits per heavy atom. The van der Waals surface area contributed by atoms with Gasteiger partial charge in [-0.05, 0) is 12.5 Å². The first-order valence-electron chi connectivity index (χ1n) is 6.58. The Morgan fingerprint density at radius 3 is 2.67 bits per heavy atom. The average Bonchev–Trinajstić information content (AvgIpc) is 2.89. The molecule has 0 bridgehead atoms. The highest BCUT2D eigenvalue weighted by atomic mass is 16.5. The van der Waals surface area contributed by atoms with Crippen molar-refractivity contribution in [1.29, 1.82) is 0 Å². The lowest BCUT2D eigenvalue weighted by molar-refractivity contribution is 0.351. The number of methoxy groups -OCH3 is 2. The topological polar surface area (TPSA) is 100 Å². The van der Waals surface area contributed by atoms with Gasteiger partial charge in [-0.1, -0.05) is 6.92 Å². The average molecular weight is 292 g/mol. The highest BCUT2D eigenvalue weighted by Gasteiger charge is 2.24. The third-order valence-corrected chi connectivity index (χ3v) is 3.21. The first-order chi connectivity index (χ1) is 10.1. The van der Waals surface area contributed by atoms with Crippen LogP contribution in [0.15, 0.2) is 12.3 Å². The van der Waals surface area contributed by atoms with Crippen LogP contribution in [0, 0.1) is 0 Å². The number of hydrogen-bond donors (Lipinski definition) is 2. The van der Waals surface area contributed by atoms with Crippen LogP contribution in [-0.4, -0.2) is 34.0 Å². The van der Waals surface area contributed by atoms with Crippen molar-refractivity contribution in [3.63, 3.8) is 0 Å². The van der Waals surface area contributed by atoms with Crippen LogP contribution in [0.1, 0.15) is 30.0 Å². The molecule has 0 aliphatic carbocycles. The number of rotatable bonds is 6. The summed E-state index contributed by atoms with van der Waals surface area (Å²) in [7, 11) is 4.92. The molecule has 0 saturated carbocycles. The molecule has 0 aliphatic heterocycles. The monoisotopic (exact) mass is 292 g/mol. The van der Waals surface area contributed by atoms with E-state index in [0.717, 1.165) is 17.8 Å². The van der Waals surface area contributed by atoms with Crippen LogP contribution < -0.4 is 20.7 Å². The maximum absolute atomic E-state index is 5.70. The number of aryl methyl sites for hydroxylation is 2. The summed E-state index contributed by atoms with van der Waals surface area (Å²) in [5.74, 6) is 6.44. The Hall–Kier alpha value is -2.19. The van der Waals surface area contributed by atoms with Crippen LogP contribution in [0.3, 0.4) is 0 Å². The fourth-order valence-corrected chi connectivity index (χ4v) is 2.10. The molecule has 21 heavy (non-hydrogen) atoms. The zero-order valence-corrected chi connectivity index (χ0v) is 12.6. The molecule has 2 rings (SSSR count). The molecule has 0 saturated heterocycles. The molecule has 2 aromatic rings. The second kappa shape index (κ2) is 6.51. The fraction of sp³-hybridized carbons (Fsp3) is 0.462. The third-order valence-electron chi connectivity index (χ3n) is 3.21. The third kappa shape index (κ3) is 2.96. The molecule has 1 atom stereocenters. The number of nitrogens with zero attached hydrogens (tertiary/aromatic N) is 4. The summed E-state index contributed by atoms with van der Waals surface area (Å²) in [5.41, 5.74) is 5.18. The van der Waals surface area contributed by atoms with Crippen molar-refractivity contribution in [2.75, 3.05) is 14.2 Å². The van der Waals surface area contributed by atoms with Crippen molar-refractivity contribution in [3.8, 4) is 11.8 Å². The fourth-order valence-electron chi connectivity index (χ4n) is 2.10. The number of nitrogens with one attached hydrogen (secondary N) is 1. The molecule has 1 unspecified atom stereocenters. The molecule has 0 radical (unpaired) electrons. The van der Waals surface area contributed by atoms with E-state index in [1.54, 1.807) is 4.68 Å². The van der Waals surface area contributed by atoms with Gasteiger partial charge in [0.25, 0.3) is 0 Å². The standard InChI is InChI=1S/C13H20N6O2/c1-5-8-6-9(19(2)18-8)11(17-14)12-13(21-4)16-10(20-3)7-15-12/h6-7,11,17H,5,14H2,1-4H3. The van der Waals surface area contributed by atoms with Crippen molar-refractivity contribution in [2.45, 2.75) is 19.4 Å². The van der Waals surface area contributed by atoms with Crippen molar-refractivity contribution in [2.24, 2.45) is 12.9 Å². The van der Waals surface area contributed by atoms with Crippen molar-refractivity contribution < 1.29 is 9.47 Å². The minimum Gasteiger partial charge on any atom is -0.480 e. The molecule has 2 aromatic heterocycles. The van der Waals surface area contributed by atoms with Gasteiger partial charge < -0.3 is 9.47 Å². The van der Waals surface area contributed by atoms with Crippen molar-refractivity contribution in [3.05, 3.63) is 29.3 Å². The minimum atomic E-state index is -0.379. The van der Waals surface area contributed by atoms with Gasteiger partial charge in [-0.2, -0.15) is 10.1 Å². The largest absolute Gasteiger partial charge is 0.480 e. The van der Waals surface area contributed by atoms with Gasteiger partial charge in [0.2, 0.25) is 11.8 Å². The van der Waals surface area contributed by atoms with E-state index in [4.69, 9.17) is 15.3 Å². The Bertz CT molecular complexity index is 613. The number of hydrazine groups is 1. The molecule has 2 heterocycles. The molecule has 8 nitrogen and oxygen atoms in total. The quantitative estimate of drug-likeness (QED) is 0.585. The van der Waals surface area contributed by atoms with Crippen molar-refractivity contribution >= 4 is 0 Å². The van der Waals surface area contributed by atoms with Crippen LogP contribution >= 0.6 is 0 Å². The highest BCUT2D eigenvalue weighted by Crippen LogP contribution is 2.28. The Morgan fingerprint density at radius 2 is 2.14 bits per heavy atom. The highest BCUT2D eigenvalue weighted by molar-refractivity contribution is 5.32. The summed E-state index contributed by atoms with van der Waals surface area (Å²) >= 11 is 0. The summed E-state index contributed by atoms with van der Waals surface area (Å²) in [5, 5.41) is 4.42. The van der Waals surface area contributed by atoms with E-state index < -0.39 is 0 Å². The molecule has 0 spiro atoms. The Balaban J connectivity index is 2.47. The van der Waals surface area contributed by atoms with E-state index in [-0.39, 0.29) is 6.04 Å². The lowest BCUT2D eigenvalue weighted by Gasteiger charge is -2.17. The van der Waals surface area contributed by atoms with E-state index in [9.17, 15) is 0 Å². The number of aromatic nitrogens is 4. The summed E-state index contributed by atoms with van der Waals surface area (Å²) in [6, 6.07) is 1.60. The molecule has 8 heteroatoms. The predicted octanol–water partition coefficient (Wildman–Crippen LogP) is 0.342. The molecular formula is C13H20N6O2. The first kappa shape index (κ1) is 15.2. The second-order valence-corrected chi connectivity index (χ2v) is 4.44. The summed E-state index contributed by atoms with van der Waals surface area (Å²) in [6.07, 6.45) is 2.37. The Labute approximate surface area is 123 Å². The van der Waals surface area contributed by atoms with Gasteiger partial charge in [-0.25, -0.2) is 10.4 Å². The normalized spacial score (nSPS) is 12.2. The van der Waals surface area contributed by atoms with Gasteiger partial charge in [0.05, 0.1) is 31.8 Å². The van der Waals surface area contributed by atoms with Gasteiger partial charge in [-0.3, -0.25) is 10.5 Å². The smallest absolute Gasteiger partial charge is 0.240 e. The molecule has 0 amide bonds. The molecule has 3 N–H and O–H groups in total. The Kier molecular flexibility index (Phi) is 4.71. The van der Waals surface area contributed by atoms with E-state index >= 15 is 0 Å². The summed E-state index contributed by atoms with van der Waals surface area (Å²) in [4.78, 5) is 8.58. The predicted molar refractivity (Wildman–Crippen MR) is 76.9 cm³/mol. The van der Waals surface area contributed by atoms with Gasteiger partial charge in [0.1, 0.15) is 11.7 Å². The van der Waals surface area contributed by atoms with Crippen LogP contribution in [0.4, 0.5) is 0 Å². The van der Waals surface area contributed by atoms with Crippen LogP contribution in [0.2, 0.25) is 0 Å². The molecular weight excluding hydrogens is 272 g/mol. The molecule has 0 fully saturated rings. The van der Waals surface area contributed by atoms with E-state index in [0.29, 0.717) is 17.5 Å². The van der Waals surface area contributed by atoms with Gasteiger partial charge >= 0.3 is 0 Å². The van der Waals surface area contributed by atoms with E-state index in [1.807, 2.05) is 20.0 Å². The number of nitrogens with two attached hydrogens (primary N) is 1. The van der Waals surface area contributed by atoms with Gasteiger partial charge in [-0.15, -0.1) is 0 Å².